The van der Waals surface area contributed by atoms with Gasteiger partial charge in [-0.25, -0.2) is 9.97 Å². The van der Waals surface area contributed by atoms with Gasteiger partial charge in [0.2, 0.25) is 0 Å². The molecule has 0 radical (unpaired) electrons. The Kier molecular flexibility index (Phi) is 5.89. The molecule has 3 aromatic carbocycles. The first-order valence-electron chi connectivity index (χ1n) is 11.3. The van der Waals surface area contributed by atoms with Crippen LogP contribution in [0.5, 0.6) is 5.75 Å². The molecule has 33 heavy (non-hydrogen) atoms. The van der Waals surface area contributed by atoms with Crippen LogP contribution < -0.4 is 9.64 Å². The van der Waals surface area contributed by atoms with Gasteiger partial charge in [-0.2, -0.15) is 0 Å². The molecule has 0 N–H and O–H groups in total. The lowest BCUT2D eigenvalue weighted by Gasteiger charge is -2.35. The minimum atomic E-state index is 0.0163. The van der Waals surface area contributed by atoms with Crippen molar-refractivity contribution in [3.63, 3.8) is 0 Å². The molecule has 6 heteroatoms. The van der Waals surface area contributed by atoms with Crippen LogP contribution >= 0.6 is 0 Å². The van der Waals surface area contributed by atoms with Gasteiger partial charge in [0.25, 0.3) is 5.91 Å². The number of anilines is 1. The molecule has 0 atom stereocenters. The largest absolute Gasteiger partial charge is 0.493 e. The maximum atomic E-state index is 13.6. The van der Waals surface area contributed by atoms with E-state index < -0.39 is 0 Å². The minimum Gasteiger partial charge on any atom is -0.493 e. The summed E-state index contributed by atoms with van der Waals surface area (Å²) in [5.74, 6) is 1.55. The highest BCUT2D eigenvalue weighted by molar-refractivity contribution is 6.09. The summed E-state index contributed by atoms with van der Waals surface area (Å²) in [5, 5.41) is 1.97. The highest BCUT2D eigenvalue weighted by Crippen LogP contribution is 2.30. The number of aromatic nitrogens is 2. The van der Waals surface area contributed by atoms with Gasteiger partial charge in [-0.05, 0) is 23.8 Å². The van der Waals surface area contributed by atoms with E-state index in [0.29, 0.717) is 44.1 Å². The summed E-state index contributed by atoms with van der Waals surface area (Å²) in [6, 6.07) is 24.0. The molecular formula is C27H26N4O2. The van der Waals surface area contributed by atoms with E-state index in [1.807, 2.05) is 84.6 Å². The molecule has 0 aliphatic carbocycles. The van der Waals surface area contributed by atoms with Gasteiger partial charge in [0, 0.05) is 37.8 Å². The predicted molar refractivity (Wildman–Crippen MR) is 131 cm³/mol. The summed E-state index contributed by atoms with van der Waals surface area (Å²) in [6.07, 6.45) is 1.61. The summed E-state index contributed by atoms with van der Waals surface area (Å²) in [5.41, 5.74) is 2.61. The zero-order valence-electron chi connectivity index (χ0n) is 18.6. The van der Waals surface area contributed by atoms with Crippen LogP contribution in [-0.2, 0) is 0 Å². The number of rotatable bonds is 5. The Hall–Kier alpha value is -3.93. The van der Waals surface area contributed by atoms with Gasteiger partial charge in [0.15, 0.2) is 0 Å². The fourth-order valence-electron chi connectivity index (χ4n) is 4.33. The van der Waals surface area contributed by atoms with Gasteiger partial charge >= 0.3 is 0 Å². The third-order valence-corrected chi connectivity index (χ3v) is 6.02. The van der Waals surface area contributed by atoms with E-state index >= 15 is 0 Å². The van der Waals surface area contributed by atoms with Crippen molar-refractivity contribution in [1.29, 1.82) is 0 Å². The van der Waals surface area contributed by atoms with Crippen molar-refractivity contribution < 1.29 is 9.53 Å². The smallest absolute Gasteiger partial charge is 0.258 e. The van der Waals surface area contributed by atoms with Crippen molar-refractivity contribution in [3.05, 3.63) is 84.7 Å². The fourth-order valence-corrected chi connectivity index (χ4v) is 4.33. The van der Waals surface area contributed by atoms with E-state index in [0.717, 1.165) is 27.8 Å². The summed E-state index contributed by atoms with van der Waals surface area (Å²) in [7, 11) is 0. The monoisotopic (exact) mass is 438 g/mol. The average Bonchev–Trinajstić information content (AvgIpc) is 2.89. The van der Waals surface area contributed by atoms with Gasteiger partial charge in [-0.15, -0.1) is 0 Å². The molecule has 0 saturated carbocycles. The highest BCUT2D eigenvalue weighted by atomic mass is 16.5. The molecule has 0 unspecified atom stereocenters. The predicted octanol–water partition coefficient (Wildman–Crippen LogP) is 4.66. The maximum absolute atomic E-state index is 13.6. The first-order chi connectivity index (χ1) is 16.2. The second-order valence-corrected chi connectivity index (χ2v) is 8.00. The van der Waals surface area contributed by atoms with Crippen molar-refractivity contribution >= 4 is 22.5 Å². The Morgan fingerprint density at radius 3 is 2.45 bits per heavy atom. The third kappa shape index (κ3) is 4.24. The van der Waals surface area contributed by atoms with Crippen LogP contribution in [0.25, 0.3) is 22.0 Å². The molecule has 2 heterocycles. The molecule has 1 aliphatic rings. The normalized spacial score (nSPS) is 13.8. The lowest BCUT2D eigenvalue weighted by Crippen LogP contribution is -2.49. The van der Waals surface area contributed by atoms with E-state index in [9.17, 15) is 4.79 Å². The van der Waals surface area contributed by atoms with Crippen LogP contribution in [0.2, 0.25) is 0 Å². The van der Waals surface area contributed by atoms with Gasteiger partial charge in [-0.3, -0.25) is 4.79 Å². The number of nitrogens with zero attached hydrogens (tertiary/aromatic N) is 4. The second kappa shape index (κ2) is 9.28. The average molecular weight is 439 g/mol. The zero-order chi connectivity index (χ0) is 22.6. The van der Waals surface area contributed by atoms with Crippen LogP contribution in [0.15, 0.2) is 79.1 Å². The van der Waals surface area contributed by atoms with Crippen molar-refractivity contribution in [2.75, 3.05) is 37.7 Å². The molecule has 0 spiro atoms. The molecule has 1 aromatic heterocycles. The van der Waals surface area contributed by atoms with E-state index in [1.165, 1.54) is 0 Å². The van der Waals surface area contributed by atoms with Crippen LogP contribution in [0.3, 0.4) is 0 Å². The number of carbonyl (C=O) groups is 1. The van der Waals surface area contributed by atoms with E-state index in [1.54, 1.807) is 6.33 Å². The molecular weight excluding hydrogens is 412 g/mol. The number of piperazine rings is 1. The number of ether oxygens (including phenoxy) is 1. The lowest BCUT2D eigenvalue weighted by molar-refractivity contribution is 0.0744. The minimum absolute atomic E-state index is 0.0163. The quantitative estimate of drug-likeness (QED) is 0.454. The number of hydrogen-bond acceptors (Lipinski definition) is 5. The van der Waals surface area contributed by atoms with Gasteiger partial charge in [0.05, 0.1) is 17.9 Å². The SMILES string of the molecule is CCOc1ccc2ccccc2c1C(=O)N1CCN(c2cc(-c3ccccc3)ncn2)CC1. The van der Waals surface area contributed by atoms with E-state index in [4.69, 9.17) is 4.74 Å². The standard InChI is InChI=1S/C27H26N4O2/c1-2-33-24-13-12-20-8-6-7-11-22(20)26(24)27(32)31-16-14-30(15-17-31)25-18-23(28-19-29-25)21-9-4-3-5-10-21/h3-13,18-19H,2,14-17H2,1H3. The zero-order valence-corrected chi connectivity index (χ0v) is 18.6. The Morgan fingerprint density at radius 2 is 1.67 bits per heavy atom. The Labute approximate surface area is 193 Å². The molecule has 166 valence electrons. The summed E-state index contributed by atoms with van der Waals surface area (Å²) in [6.45, 7) is 5.13. The van der Waals surface area contributed by atoms with E-state index in [-0.39, 0.29) is 5.91 Å². The van der Waals surface area contributed by atoms with Gasteiger partial charge in [0.1, 0.15) is 17.9 Å². The molecule has 1 aliphatic heterocycles. The first-order valence-corrected chi connectivity index (χ1v) is 11.3. The van der Waals surface area contributed by atoms with Crippen molar-refractivity contribution in [1.82, 2.24) is 14.9 Å². The van der Waals surface area contributed by atoms with E-state index in [2.05, 4.69) is 14.9 Å². The first kappa shape index (κ1) is 20.9. The number of amides is 1. The molecule has 5 rings (SSSR count). The molecule has 1 amide bonds. The number of hydrogen-bond donors (Lipinski definition) is 0. The van der Waals surface area contributed by atoms with Crippen molar-refractivity contribution in [3.8, 4) is 17.0 Å². The molecule has 1 saturated heterocycles. The van der Waals surface area contributed by atoms with Crippen LogP contribution in [0, 0.1) is 0 Å². The number of benzene rings is 3. The molecule has 6 nitrogen and oxygen atoms in total. The summed E-state index contributed by atoms with van der Waals surface area (Å²) < 4.78 is 5.83. The summed E-state index contributed by atoms with van der Waals surface area (Å²) >= 11 is 0. The fraction of sp³-hybridized carbons (Fsp3) is 0.222. The molecule has 4 aromatic rings. The maximum Gasteiger partial charge on any atom is 0.258 e. The van der Waals surface area contributed by atoms with Crippen LogP contribution in [0.4, 0.5) is 5.82 Å². The van der Waals surface area contributed by atoms with Crippen molar-refractivity contribution in [2.45, 2.75) is 6.92 Å². The van der Waals surface area contributed by atoms with Crippen LogP contribution in [0.1, 0.15) is 17.3 Å². The molecule has 1 fully saturated rings. The summed E-state index contributed by atoms with van der Waals surface area (Å²) in [4.78, 5) is 26.6. The van der Waals surface area contributed by atoms with Crippen molar-refractivity contribution in [2.24, 2.45) is 0 Å². The highest BCUT2D eigenvalue weighted by Gasteiger charge is 2.26. The number of fused-ring (bicyclic) bond motifs is 1. The third-order valence-electron chi connectivity index (χ3n) is 6.02. The topological polar surface area (TPSA) is 58.6 Å². The molecule has 0 bridgehead atoms. The second-order valence-electron chi connectivity index (χ2n) is 8.00. The van der Waals surface area contributed by atoms with Gasteiger partial charge < -0.3 is 14.5 Å². The number of carbonyl (C=O) groups excluding carboxylic acids is 1. The van der Waals surface area contributed by atoms with Crippen LogP contribution in [-0.4, -0.2) is 53.6 Å². The Balaban J connectivity index is 1.35. The Bertz CT molecular complexity index is 1270. The Morgan fingerprint density at radius 1 is 0.909 bits per heavy atom. The van der Waals surface area contributed by atoms with Gasteiger partial charge in [-0.1, -0.05) is 60.7 Å². The lowest BCUT2D eigenvalue weighted by atomic mass is 10.0.